The third kappa shape index (κ3) is 2.77. The van der Waals surface area contributed by atoms with Crippen LogP contribution in [-0.2, 0) is 0 Å². The molecule has 0 unspecified atom stereocenters. The Morgan fingerprint density at radius 1 is 1.25 bits per heavy atom. The maximum atomic E-state index is 13.3. The van der Waals surface area contributed by atoms with Crippen LogP contribution in [0.4, 0.5) is 22.0 Å². The molecule has 0 aliphatic rings. The molecule has 0 atom stereocenters. The Hall–Kier alpha value is -1.46. The van der Waals surface area contributed by atoms with Crippen LogP contribution in [-0.4, -0.2) is 12.0 Å². The summed E-state index contributed by atoms with van der Waals surface area (Å²) in [6.07, 6.45) is -6.65. The van der Waals surface area contributed by atoms with Gasteiger partial charge in [-0.15, -0.1) is 0 Å². The molecule has 0 bridgehead atoms. The lowest BCUT2D eigenvalue weighted by atomic mass is 10.0. The largest absolute Gasteiger partial charge is 0.396 e. The Balaban J connectivity index is 3.14. The van der Waals surface area contributed by atoms with Gasteiger partial charge in [-0.25, -0.2) is 8.78 Å². The molecule has 0 amide bonds. The molecule has 0 aliphatic heterocycles. The van der Waals surface area contributed by atoms with Crippen molar-refractivity contribution in [3.8, 4) is 0 Å². The molecule has 0 fully saturated rings. The highest BCUT2D eigenvalue weighted by Crippen LogP contribution is 2.25. The Labute approximate surface area is 87.9 Å². The van der Waals surface area contributed by atoms with Crippen LogP contribution in [0.15, 0.2) is 12.1 Å². The van der Waals surface area contributed by atoms with E-state index in [9.17, 15) is 26.7 Å². The van der Waals surface area contributed by atoms with Crippen LogP contribution in [0.1, 0.15) is 22.3 Å². The first-order valence-corrected chi connectivity index (χ1v) is 4.27. The first-order valence-electron chi connectivity index (χ1n) is 4.27. The smallest absolute Gasteiger partial charge is 0.294 e. The van der Waals surface area contributed by atoms with Gasteiger partial charge in [0.25, 0.3) is 0 Å². The number of benzene rings is 1. The maximum Gasteiger partial charge on any atom is 0.396 e. The van der Waals surface area contributed by atoms with Crippen molar-refractivity contribution in [2.75, 3.05) is 0 Å². The van der Waals surface area contributed by atoms with Gasteiger partial charge in [-0.2, -0.15) is 13.2 Å². The number of ketones is 1. The maximum absolute atomic E-state index is 13.3. The SMILES string of the molecule is Cc1ccc(F)c(C(=O)CC(F)(F)F)c1F. The molecule has 1 aromatic rings. The molecule has 0 N–H and O–H groups in total. The van der Waals surface area contributed by atoms with Gasteiger partial charge >= 0.3 is 6.18 Å². The first kappa shape index (κ1) is 12.6. The Morgan fingerprint density at radius 2 is 1.81 bits per heavy atom. The van der Waals surface area contributed by atoms with E-state index < -0.39 is 35.6 Å². The number of Topliss-reactive ketones (excluding diaryl/α,β-unsaturated/α-hetero) is 1. The van der Waals surface area contributed by atoms with E-state index in [1.54, 1.807) is 0 Å². The van der Waals surface area contributed by atoms with Gasteiger partial charge in [0.05, 0.1) is 5.56 Å². The van der Waals surface area contributed by atoms with Crippen molar-refractivity contribution < 1.29 is 26.7 Å². The Bertz CT molecular complexity index is 422. The van der Waals surface area contributed by atoms with Gasteiger partial charge in [0.2, 0.25) is 0 Å². The summed E-state index contributed by atoms with van der Waals surface area (Å²) >= 11 is 0. The molecule has 0 aliphatic carbocycles. The van der Waals surface area contributed by atoms with Gasteiger partial charge < -0.3 is 0 Å². The van der Waals surface area contributed by atoms with Crippen LogP contribution in [0.5, 0.6) is 0 Å². The lowest BCUT2D eigenvalue weighted by Crippen LogP contribution is -2.17. The number of halogens is 5. The molecule has 16 heavy (non-hydrogen) atoms. The van der Waals surface area contributed by atoms with Crippen LogP contribution in [0.3, 0.4) is 0 Å². The fourth-order valence-corrected chi connectivity index (χ4v) is 1.18. The number of carbonyl (C=O) groups excluding carboxylic acids is 1. The van der Waals surface area contributed by atoms with Gasteiger partial charge in [0.1, 0.15) is 18.1 Å². The number of carbonyl (C=O) groups is 1. The zero-order valence-electron chi connectivity index (χ0n) is 8.16. The highest BCUT2D eigenvalue weighted by atomic mass is 19.4. The van der Waals surface area contributed by atoms with E-state index in [1.165, 1.54) is 6.92 Å². The van der Waals surface area contributed by atoms with E-state index in [4.69, 9.17) is 0 Å². The minimum absolute atomic E-state index is 0.0769. The molecule has 1 rings (SSSR count). The van der Waals surface area contributed by atoms with Crippen LogP contribution >= 0.6 is 0 Å². The lowest BCUT2D eigenvalue weighted by Gasteiger charge is -2.08. The van der Waals surface area contributed by atoms with Crippen LogP contribution < -0.4 is 0 Å². The van der Waals surface area contributed by atoms with Crippen molar-refractivity contribution in [2.45, 2.75) is 19.5 Å². The van der Waals surface area contributed by atoms with E-state index in [-0.39, 0.29) is 5.56 Å². The molecule has 0 heterocycles. The molecular weight excluding hydrogens is 231 g/mol. The normalized spacial score (nSPS) is 11.6. The van der Waals surface area contributed by atoms with E-state index >= 15 is 0 Å². The standard InChI is InChI=1S/C10H7F5O/c1-5-2-3-6(11)8(9(5)12)7(16)4-10(13,14)15/h2-3H,4H2,1H3. The zero-order valence-corrected chi connectivity index (χ0v) is 8.16. The molecule has 6 heteroatoms. The van der Waals surface area contributed by atoms with E-state index in [0.717, 1.165) is 12.1 Å². The van der Waals surface area contributed by atoms with Gasteiger partial charge in [-0.3, -0.25) is 4.79 Å². The molecule has 0 saturated carbocycles. The second-order valence-corrected chi connectivity index (χ2v) is 3.27. The second-order valence-electron chi connectivity index (χ2n) is 3.27. The van der Waals surface area contributed by atoms with Crippen LogP contribution in [0, 0.1) is 18.6 Å². The summed E-state index contributed by atoms with van der Waals surface area (Å²) < 4.78 is 62.0. The molecule has 88 valence electrons. The molecule has 0 saturated heterocycles. The summed E-state index contributed by atoms with van der Waals surface area (Å²) in [7, 11) is 0. The van der Waals surface area contributed by atoms with Crippen molar-refractivity contribution in [1.29, 1.82) is 0 Å². The van der Waals surface area contributed by atoms with Crippen molar-refractivity contribution in [1.82, 2.24) is 0 Å². The predicted molar refractivity (Wildman–Crippen MR) is 46.1 cm³/mol. The summed E-state index contributed by atoms with van der Waals surface area (Å²) in [6, 6.07) is 1.82. The molecular formula is C10H7F5O. The monoisotopic (exact) mass is 238 g/mol. The number of aryl methyl sites for hydroxylation is 1. The summed E-state index contributed by atoms with van der Waals surface area (Å²) in [5, 5.41) is 0. The number of alkyl halides is 3. The molecule has 1 aromatic carbocycles. The zero-order chi connectivity index (χ0) is 12.5. The minimum Gasteiger partial charge on any atom is -0.294 e. The quantitative estimate of drug-likeness (QED) is 0.570. The number of hydrogen-bond acceptors (Lipinski definition) is 1. The summed E-state index contributed by atoms with van der Waals surface area (Å²) in [5.41, 5.74) is -1.20. The third-order valence-corrected chi connectivity index (χ3v) is 1.92. The molecule has 0 radical (unpaired) electrons. The van der Waals surface area contributed by atoms with Crippen molar-refractivity contribution in [3.05, 3.63) is 34.9 Å². The van der Waals surface area contributed by atoms with Crippen molar-refractivity contribution >= 4 is 5.78 Å². The summed E-state index contributed by atoms with van der Waals surface area (Å²) in [6.45, 7) is 1.24. The topological polar surface area (TPSA) is 17.1 Å². The highest BCUT2D eigenvalue weighted by molar-refractivity contribution is 5.97. The van der Waals surface area contributed by atoms with Gasteiger partial charge in [0, 0.05) is 0 Å². The van der Waals surface area contributed by atoms with E-state index in [1.807, 2.05) is 0 Å². The number of hydrogen-bond donors (Lipinski definition) is 0. The van der Waals surface area contributed by atoms with Gasteiger partial charge in [0.15, 0.2) is 5.78 Å². The average Bonchev–Trinajstić information content (AvgIpc) is 2.09. The molecule has 1 nitrogen and oxygen atoms in total. The fraction of sp³-hybridized carbons (Fsp3) is 0.300. The van der Waals surface area contributed by atoms with Gasteiger partial charge in [-0.1, -0.05) is 6.07 Å². The molecule has 0 aromatic heterocycles. The fourth-order valence-electron chi connectivity index (χ4n) is 1.18. The van der Waals surface area contributed by atoms with E-state index in [0.29, 0.717) is 0 Å². The lowest BCUT2D eigenvalue weighted by molar-refractivity contribution is -0.125. The Morgan fingerprint density at radius 3 is 2.31 bits per heavy atom. The molecule has 0 spiro atoms. The van der Waals surface area contributed by atoms with Crippen molar-refractivity contribution in [2.24, 2.45) is 0 Å². The second kappa shape index (κ2) is 4.19. The van der Waals surface area contributed by atoms with Crippen molar-refractivity contribution in [3.63, 3.8) is 0 Å². The predicted octanol–water partition coefficient (Wildman–Crippen LogP) is 3.41. The third-order valence-electron chi connectivity index (χ3n) is 1.92. The first-order chi connectivity index (χ1) is 7.22. The van der Waals surface area contributed by atoms with Crippen LogP contribution in [0.2, 0.25) is 0 Å². The van der Waals surface area contributed by atoms with Gasteiger partial charge in [-0.05, 0) is 18.6 Å². The summed E-state index contributed by atoms with van der Waals surface area (Å²) in [5.74, 6) is -4.13. The average molecular weight is 238 g/mol. The highest BCUT2D eigenvalue weighted by Gasteiger charge is 2.34. The minimum atomic E-state index is -4.78. The van der Waals surface area contributed by atoms with E-state index in [2.05, 4.69) is 0 Å². The summed E-state index contributed by atoms with van der Waals surface area (Å²) in [4.78, 5) is 11.1. The van der Waals surface area contributed by atoms with Crippen LogP contribution in [0.25, 0.3) is 0 Å². The number of rotatable bonds is 2. The Kier molecular flexibility index (Phi) is 3.30.